The zero-order valence-electron chi connectivity index (χ0n) is 22.3. The second-order valence-corrected chi connectivity index (χ2v) is 10.4. The van der Waals surface area contributed by atoms with Gasteiger partial charge < -0.3 is 19.9 Å². The van der Waals surface area contributed by atoms with E-state index >= 15 is 4.39 Å². The number of halogens is 3. The Hall–Kier alpha value is -3.97. The molecule has 0 spiro atoms. The van der Waals surface area contributed by atoms with Crippen LogP contribution in [0.4, 0.5) is 13.2 Å². The van der Waals surface area contributed by atoms with E-state index in [0.29, 0.717) is 43.7 Å². The lowest BCUT2D eigenvalue weighted by molar-refractivity contribution is 0.0962. The van der Waals surface area contributed by atoms with E-state index in [-0.39, 0.29) is 41.0 Å². The second-order valence-electron chi connectivity index (χ2n) is 10.4. The van der Waals surface area contributed by atoms with Crippen molar-refractivity contribution in [2.75, 3.05) is 20.3 Å². The van der Waals surface area contributed by atoms with Crippen LogP contribution in [0, 0.1) is 5.82 Å². The van der Waals surface area contributed by atoms with Crippen LogP contribution in [-0.2, 0) is 4.74 Å². The maximum absolute atomic E-state index is 15.4. The number of nitrogens with one attached hydrogen (secondary N) is 1. The predicted octanol–water partition coefficient (Wildman–Crippen LogP) is 4.34. The predicted molar refractivity (Wildman–Crippen MR) is 141 cm³/mol. The van der Waals surface area contributed by atoms with Crippen LogP contribution < -0.4 is 10.1 Å². The third-order valence-corrected chi connectivity index (χ3v) is 7.68. The molecule has 0 radical (unpaired) electrons. The fourth-order valence-corrected chi connectivity index (χ4v) is 5.41. The van der Waals surface area contributed by atoms with Crippen LogP contribution in [0.3, 0.4) is 0 Å². The zero-order chi connectivity index (χ0) is 28.7. The van der Waals surface area contributed by atoms with Gasteiger partial charge in [-0.05, 0) is 43.9 Å². The molecule has 41 heavy (non-hydrogen) atoms. The molecule has 1 saturated carbocycles. The monoisotopic (exact) mass is 570 g/mol. The highest BCUT2D eigenvalue weighted by atomic mass is 19.3. The van der Waals surface area contributed by atoms with Crippen LogP contribution in [0.5, 0.6) is 5.88 Å². The van der Waals surface area contributed by atoms with Crippen molar-refractivity contribution in [1.82, 2.24) is 29.7 Å². The Morgan fingerprint density at radius 1 is 1.15 bits per heavy atom. The van der Waals surface area contributed by atoms with Crippen molar-refractivity contribution in [3.63, 3.8) is 0 Å². The molecule has 6 rings (SSSR count). The molecule has 1 aliphatic carbocycles. The fourth-order valence-electron chi connectivity index (χ4n) is 5.41. The maximum atomic E-state index is 15.4. The summed E-state index contributed by atoms with van der Waals surface area (Å²) in [6.45, 7) is 0.915. The van der Waals surface area contributed by atoms with Crippen molar-refractivity contribution < 1.29 is 32.5 Å². The third kappa shape index (κ3) is 5.26. The number of aliphatic hydroxyl groups excluding tert-OH is 1. The van der Waals surface area contributed by atoms with Gasteiger partial charge in [0, 0.05) is 36.4 Å². The Balaban J connectivity index is 1.45. The van der Waals surface area contributed by atoms with Crippen molar-refractivity contribution in [1.29, 1.82) is 0 Å². The zero-order valence-corrected chi connectivity index (χ0v) is 22.3. The number of amides is 1. The van der Waals surface area contributed by atoms with Crippen molar-refractivity contribution in [2.45, 2.75) is 56.8 Å². The average Bonchev–Trinajstić information content (AvgIpc) is 3.74. The Morgan fingerprint density at radius 3 is 2.66 bits per heavy atom. The number of carbonyl (C=O) groups excluding carboxylic acids is 1. The molecule has 1 atom stereocenters. The molecule has 1 aromatic carbocycles. The molecule has 1 amide bonds. The fraction of sp³-hybridized carbons (Fsp3) is 0.429. The summed E-state index contributed by atoms with van der Waals surface area (Å²) in [6.07, 6.45) is 4.96. The Morgan fingerprint density at radius 2 is 1.95 bits per heavy atom. The summed E-state index contributed by atoms with van der Waals surface area (Å²) in [5, 5.41) is 21.5. The van der Waals surface area contributed by atoms with Crippen LogP contribution in [0.1, 0.15) is 60.5 Å². The highest BCUT2D eigenvalue weighted by Gasteiger charge is 2.27. The van der Waals surface area contributed by atoms with Gasteiger partial charge in [0.2, 0.25) is 5.88 Å². The number of fused-ring (bicyclic) bond motifs is 1. The normalized spacial score (nSPS) is 21.1. The van der Waals surface area contributed by atoms with Crippen LogP contribution in [0.15, 0.2) is 36.8 Å². The number of aromatic nitrogens is 5. The number of carbonyl (C=O) groups is 1. The van der Waals surface area contributed by atoms with Crippen molar-refractivity contribution in [2.24, 2.45) is 0 Å². The highest BCUT2D eigenvalue weighted by Crippen LogP contribution is 2.36. The van der Waals surface area contributed by atoms with E-state index in [0.717, 1.165) is 24.5 Å². The van der Waals surface area contributed by atoms with Gasteiger partial charge >= 0.3 is 0 Å². The molecule has 4 heterocycles. The van der Waals surface area contributed by atoms with Crippen LogP contribution in [0.25, 0.3) is 28.0 Å². The number of hydrogen-bond acceptors (Lipinski definition) is 7. The summed E-state index contributed by atoms with van der Waals surface area (Å²) in [7, 11) is 1.36. The lowest BCUT2D eigenvalue weighted by Gasteiger charge is -2.25. The summed E-state index contributed by atoms with van der Waals surface area (Å²) >= 11 is 0. The molecule has 10 nitrogen and oxygen atoms in total. The highest BCUT2D eigenvalue weighted by molar-refractivity contribution is 5.95. The van der Waals surface area contributed by atoms with Crippen molar-refractivity contribution in [3.05, 3.63) is 53.7 Å². The minimum Gasteiger partial charge on any atom is -0.470 e. The summed E-state index contributed by atoms with van der Waals surface area (Å²) < 4.78 is 57.8. The minimum absolute atomic E-state index is 0.0840. The van der Waals surface area contributed by atoms with Crippen molar-refractivity contribution in [3.8, 4) is 28.3 Å². The molecule has 3 aromatic heterocycles. The van der Waals surface area contributed by atoms with E-state index in [4.69, 9.17) is 9.47 Å². The lowest BCUT2D eigenvalue weighted by atomic mass is 9.93. The quantitative estimate of drug-likeness (QED) is 0.340. The van der Waals surface area contributed by atoms with Gasteiger partial charge in [-0.1, -0.05) is 0 Å². The number of nitrogens with zero attached hydrogens (tertiary/aromatic N) is 5. The van der Waals surface area contributed by atoms with Crippen LogP contribution in [0.2, 0.25) is 0 Å². The van der Waals surface area contributed by atoms with Gasteiger partial charge in [-0.2, -0.15) is 5.10 Å². The molecule has 13 heteroatoms. The number of aliphatic hydroxyl groups is 1. The van der Waals surface area contributed by atoms with E-state index in [2.05, 4.69) is 20.5 Å². The number of benzene rings is 1. The largest absolute Gasteiger partial charge is 0.470 e. The Labute approximate surface area is 233 Å². The number of rotatable bonds is 7. The van der Waals surface area contributed by atoms with Gasteiger partial charge in [-0.25, -0.2) is 22.7 Å². The lowest BCUT2D eigenvalue weighted by Crippen LogP contribution is -2.21. The molecule has 216 valence electrons. The van der Waals surface area contributed by atoms with Gasteiger partial charge in [-0.3, -0.25) is 9.48 Å². The molecule has 1 saturated heterocycles. The molecule has 1 aliphatic heterocycles. The average molecular weight is 571 g/mol. The SMILES string of the molecule is CNC(=O)c1cc(-c2cnc3cc(-c4cnn(C5CCC(O)CC5)c4)c(OC4CCOC4)nn23)c(F)c(C(F)F)c1. The summed E-state index contributed by atoms with van der Waals surface area (Å²) in [5.41, 5.74) is 0.496. The van der Waals surface area contributed by atoms with Gasteiger partial charge in [0.1, 0.15) is 11.9 Å². The topological polar surface area (TPSA) is 116 Å². The third-order valence-electron chi connectivity index (χ3n) is 7.68. The van der Waals surface area contributed by atoms with Crippen molar-refractivity contribution >= 4 is 11.6 Å². The number of alkyl halides is 2. The van der Waals surface area contributed by atoms with Gasteiger partial charge in [-0.15, -0.1) is 5.10 Å². The molecule has 4 aromatic rings. The molecular formula is C28H29F3N6O4. The Bertz CT molecular complexity index is 1570. The first kappa shape index (κ1) is 27.2. The smallest absolute Gasteiger partial charge is 0.266 e. The van der Waals surface area contributed by atoms with Gasteiger partial charge in [0.15, 0.2) is 5.65 Å². The van der Waals surface area contributed by atoms with E-state index in [1.807, 2.05) is 10.9 Å². The molecule has 0 bridgehead atoms. The Kier molecular flexibility index (Phi) is 7.39. The van der Waals surface area contributed by atoms with E-state index < -0.39 is 23.7 Å². The van der Waals surface area contributed by atoms with E-state index in [9.17, 15) is 18.7 Å². The van der Waals surface area contributed by atoms with Crippen LogP contribution in [-0.4, -0.2) is 67.9 Å². The van der Waals surface area contributed by atoms with Gasteiger partial charge in [0.05, 0.1) is 54.6 Å². The summed E-state index contributed by atoms with van der Waals surface area (Å²) in [5.74, 6) is -1.57. The number of ether oxygens (including phenoxy) is 2. The first-order valence-electron chi connectivity index (χ1n) is 13.5. The summed E-state index contributed by atoms with van der Waals surface area (Å²) in [6, 6.07) is 3.93. The first-order chi connectivity index (χ1) is 19.8. The molecule has 2 fully saturated rings. The van der Waals surface area contributed by atoms with Gasteiger partial charge in [0.25, 0.3) is 12.3 Å². The number of hydrogen-bond donors (Lipinski definition) is 2. The second kappa shape index (κ2) is 11.1. The molecule has 1 unspecified atom stereocenters. The minimum atomic E-state index is -3.14. The summed E-state index contributed by atoms with van der Waals surface area (Å²) in [4.78, 5) is 16.7. The molecule has 2 aliphatic rings. The first-order valence-corrected chi connectivity index (χ1v) is 13.5. The number of imidazole rings is 1. The standard InChI is InChI=1S/C28H29F3N6O4/c1-32-27(39)15-8-21(25(29)22(9-15)26(30)31)23-12-33-24-10-20(28(35-37(23)24)41-19-6-7-40-14-19)16-11-34-36(13-16)17-2-4-18(38)5-3-17/h8-13,17-19,26,38H,2-7,14H2,1H3,(H,32,39). The molecule has 2 N–H and O–H groups in total. The maximum Gasteiger partial charge on any atom is 0.266 e. The van der Waals surface area contributed by atoms with E-state index in [1.165, 1.54) is 23.8 Å². The molecular weight excluding hydrogens is 541 g/mol. The van der Waals surface area contributed by atoms with E-state index in [1.54, 1.807) is 12.3 Å². The van der Waals surface area contributed by atoms with Crippen LogP contribution >= 0.6 is 0 Å².